The van der Waals surface area contributed by atoms with E-state index in [1.54, 1.807) is 4.57 Å². The number of para-hydroxylation sites is 1. The minimum absolute atomic E-state index is 0.238. The molecule has 116 valence electrons. The van der Waals surface area contributed by atoms with Crippen molar-refractivity contribution < 1.29 is 0 Å². The van der Waals surface area contributed by atoms with Gasteiger partial charge in [0.25, 0.3) is 0 Å². The highest BCUT2D eigenvalue weighted by Crippen LogP contribution is 2.16. The maximum absolute atomic E-state index is 12.2. The number of benzene rings is 2. The SMILES string of the molecule is CCn1c(-c2ccccc2)nc(NNc2ccccc2)nc1=O. The summed E-state index contributed by atoms with van der Waals surface area (Å²) in [5.41, 5.74) is 7.25. The third-order valence-electron chi connectivity index (χ3n) is 3.34. The third kappa shape index (κ3) is 3.37. The first-order valence-corrected chi connectivity index (χ1v) is 7.39. The summed E-state index contributed by atoms with van der Waals surface area (Å²) in [6, 6.07) is 19.1. The van der Waals surface area contributed by atoms with Crippen molar-refractivity contribution in [3.8, 4) is 11.4 Å². The predicted molar refractivity (Wildman–Crippen MR) is 91.1 cm³/mol. The summed E-state index contributed by atoms with van der Waals surface area (Å²) in [5, 5.41) is 0. The molecule has 0 amide bonds. The molecule has 0 bridgehead atoms. The largest absolute Gasteiger partial charge is 0.352 e. The highest BCUT2D eigenvalue weighted by Gasteiger charge is 2.10. The molecular weight excluding hydrogens is 290 g/mol. The van der Waals surface area contributed by atoms with Gasteiger partial charge in [0.05, 0.1) is 5.69 Å². The summed E-state index contributed by atoms with van der Waals surface area (Å²) in [7, 11) is 0. The van der Waals surface area contributed by atoms with Gasteiger partial charge in [0.2, 0.25) is 5.95 Å². The zero-order valence-corrected chi connectivity index (χ0v) is 12.7. The molecule has 1 aromatic heterocycles. The Hall–Kier alpha value is -3.15. The number of nitrogens with zero attached hydrogens (tertiary/aromatic N) is 3. The minimum Gasteiger partial charge on any atom is -0.298 e. The molecule has 2 N–H and O–H groups in total. The lowest BCUT2D eigenvalue weighted by atomic mass is 10.2. The summed E-state index contributed by atoms with van der Waals surface area (Å²) in [4.78, 5) is 20.7. The van der Waals surface area contributed by atoms with Crippen molar-refractivity contribution in [2.24, 2.45) is 0 Å². The van der Waals surface area contributed by atoms with Crippen molar-refractivity contribution in [2.75, 3.05) is 10.9 Å². The van der Waals surface area contributed by atoms with E-state index in [1.165, 1.54) is 0 Å². The maximum Gasteiger partial charge on any atom is 0.352 e. The molecule has 0 aliphatic heterocycles. The normalized spacial score (nSPS) is 10.3. The fourth-order valence-corrected chi connectivity index (χ4v) is 2.23. The van der Waals surface area contributed by atoms with Crippen LogP contribution in [0.3, 0.4) is 0 Å². The predicted octanol–water partition coefficient (Wildman–Crippen LogP) is 2.76. The fourth-order valence-electron chi connectivity index (χ4n) is 2.23. The number of nitrogens with one attached hydrogen (secondary N) is 2. The van der Waals surface area contributed by atoms with E-state index in [-0.39, 0.29) is 11.6 Å². The van der Waals surface area contributed by atoms with Gasteiger partial charge in [-0.2, -0.15) is 9.97 Å². The maximum atomic E-state index is 12.2. The smallest absolute Gasteiger partial charge is 0.298 e. The molecule has 0 aliphatic carbocycles. The van der Waals surface area contributed by atoms with E-state index in [4.69, 9.17) is 0 Å². The van der Waals surface area contributed by atoms with Crippen LogP contribution < -0.4 is 16.5 Å². The lowest BCUT2D eigenvalue weighted by molar-refractivity contribution is 0.688. The van der Waals surface area contributed by atoms with Crippen LogP contribution in [-0.4, -0.2) is 14.5 Å². The Balaban J connectivity index is 1.93. The Labute approximate surface area is 133 Å². The lowest BCUT2D eigenvalue weighted by Crippen LogP contribution is -2.27. The average molecular weight is 307 g/mol. The molecule has 0 radical (unpaired) electrons. The first-order valence-electron chi connectivity index (χ1n) is 7.39. The van der Waals surface area contributed by atoms with Crippen molar-refractivity contribution >= 4 is 11.6 Å². The highest BCUT2D eigenvalue weighted by atomic mass is 16.1. The zero-order chi connectivity index (χ0) is 16.1. The standard InChI is InChI=1S/C17H17N5O/c1-2-22-15(13-9-5-3-6-10-13)18-16(19-17(22)23)21-20-14-11-7-4-8-12-14/h3-12,20H,2H2,1H3,(H,19,21,23). The average Bonchev–Trinajstić information content (AvgIpc) is 2.61. The molecule has 6 heteroatoms. The highest BCUT2D eigenvalue weighted by molar-refractivity contribution is 5.57. The number of anilines is 2. The van der Waals surface area contributed by atoms with Crippen LogP contribution in [0, 0.1) is 0 Å². The van der Waals surface area contributed by atoms with Crippen LogP contribution in [-0.2, 0) is 6.54 Å². The van der Waals surface area contributed by atoms with Crippen molar-refractivity contribution in [3.05, 3.63) is 71.1 Å². The number of hydrogen-bond acceptors (Lipinski definition) is 5. The first-order chi connectivity index (χ1) is 11.3. The van der Waals surface area contributed by atoms with Crippen LogP contribution in [0.5, 0.6) is 0 Å². The molecule has 0 fully saturated rings. The zero-order valence-electron chi connectivity index (χ0n) is 12.7. The van der Waals surface area contributed by atoms with Crippen LogP contribution in [0.1, 0.15) is 6.92 Å². The molecule has 0 spiro atoms. The first kappa shape index (κ1) is 14.8. The molecule has 1 heterocycles. The van der Waals surface area contributed by atoms with Gasteiger partial charge < -0.3 is 0 Å². The summed E-state index contributed by atoms with van der Waals surface area (Å²) < 4.78 is 1.54. The summed E-state index contributed by atoms with van der Waals surface area (Å²) >= 11 is 0. The Morgan fingerprint density at radius 2 is 1.57 bits per heavy atom. The van der Waals surface area contributed by atoms with E-state index >= 15 is 0 Å². The minimum atomic E-state index is -0.335. The van der Waals surface area contributed by atoms with Gasteiger partial charge in [0, 0.05) is 12.1 Å². The second kappa shape index (κ2) is 6.74. The molecule has 0 aliphatic rings. The van der Waals surface area contributed by atoms with E-state index in [0.717, 1.165) is 11.3 Å². The number of rotatable bonds is 5. The van der Waals surface area contributed by atoms with Gasteiger partial charge in [0.1, 0.15) is 5.82 Å². The molecule has 3 rings (SSSR count). The lowest BCUT2D eigenvalue weighted by Gasteiger charge is -2.12. The number of hydrogen-bond donors (Lipinski definition) is 2. The molecule has 3 aromatic rings. The van der Waals surface area contributed by atoms with Gasteiger partial charge in [-0.05, 0) is 19.1 Å². The van der Waals surface area contributed by atoms with Crippen molar-refractivity contribution in [1.29, 1.82) is 0 Å². The van der Waals surface area contributed by atoms with Crippen LogP contribution in [0.2, 0.25) is 0 Å². The molecule has 0 saturated heterocycles. The molecule has 23 heavy (non-hydrogen) atoms. The summed E-state index contributed by atoms with van der Waals surface area (Å²) in [6.45, 7) is 2.40. The second-order valence-corrected chi connectivity index (χ2v) is 4.88. The molecule has 6 nitrogen and oxygen atoms in total. The van der Waals surface area contributed by atoms with Gasteiger partial charge in [-0.1, -0.05) is 48.5 Å². The number of hydrazine groups is 1. The Morgan fingerprint density at radius 3 is 2.22 bits per heavy atom. The van der Waals surface area contributed by atoms with E-state index in [0.29, 0.717) is 12.4 Å². The third-order valence-corrected chi connectivity index (χ3v) is 3.34. The summed E-state index contributed by atoms with van der Waals surface area (Å²) in [5.74, 6) is 0.827. The summed E-state index contributed by atoms with van der Waals surface area (Å²) in [6.07, 6.45) is 0. The van der Waals surface area contributed by atoms with Crippen LogP contribution in [0.4, 0.5) is 11.6 Å². The van der Waals surface area contributed by atoms with Crippen LogP contribution in [0.15, 0.2) is 65.5 Å². The number of aromatic nitrogens is 3. The van der Waals surface area contributed by atoms with Gasteiger partial charge in [-0.15, -0.1) is 0 Å². The Kier molecular flexibility index (Phi) is 4.33. The molecular formula is C17H17N5O. The van der Waals surface area contributed by atoms with Gasteiger partial charge >= 0.3 is 5.69 Å². The monoisotopic (exact) mass is 307 g/mol. The van der Waals surface area contributed by atoms with E-state index < -0.39 is 0 Å². The topological polar surface area (TPSA) is 71.8 Å². The Morgan fingerprint density at radius 1 is 0.913 bits per heavy atom. The molecule has 0 atom stereocenters. The van der Waals surface area contributed by atoms with Crippen molar-refractivity contribution in [3.63, 3.8) is 0 Å². The van der Waals surface area contributed by atoms with E-state index in [2.05, 4.69) is 20.8 Å². The molecule has 2 aromatic carbocycles. The second-order valence-electron chi connectivity index (χ2n) is 4.88. The van der Waals surface area contributed by atoms with Gasteiger partial charge in [-0.3, -0.25) is 15.4 Å². The van der Waals surface area contributed by atoms with Gasteiger partial charge in [-0.25, -0.2) is 4.79 Å². The van der Waals surface area contributed by atoms with Gasteiger partial charge in [0.15, 0.2) is 0 Å². The van der Waals surface area contributed by atoms with E-state index in [9.17, 15) is 4.79 Å². The Bertz CT molecular complexity index is 831. The van der Waals surface area contributed by atoms with Crippen molar-refractivity contribution in [2.45, 2.75) is 13.5 Å². The fraction of sp³-hybridized carbons (Fsp3) is 0.118. The van der Waals surface area contributed by atoms with Crippen LogP contribution >= 0.6 is 0 Å². The van der Waals surface area contributed by atoms with E-state index in [1.807, 2.05) is 67.6 Å². The quantitative estimate of drug-likeness (QED) is 0.709. The molecule has 0 unspecified atom stereocenters. The van der Waals surface area contributed by atoms with Crippen molar-refractivity contribution in [1.82, 2.24) is 14.5 Å². The molecule has 0 saturated carbocycles. The van der Waals surface area contributed by atoms with Crippen LogP contribution in [0.25, 0.3) is 11.4 Å².